The molecule has 2 heteroatoms. The molecular formula is C53H44N2. The lowest BCUT2D eigenvalue weighted by Gasteiger charge is -2.26. The second-order valence-corrected chi connectivity index (χ2v) is 14.7. The first-order valence-corrected chi connectivity index (χ1v) is 19.4. The number of nitrogens with zero attached hydrogens (tertiary/aromatic N) is 2. The van der Waals surface area contributed by atoms with E-state index in [0.717, 1.165) is 23.5 Å². The predicted octanol–water partition coefficient (Wildman–Crippen LogP) is 15.1. The number of aryl methyl sites for hydroxylation is 1. The monoisotopic (exact) mass is 708 g/mol. The molecule has 0 saturated carbocycles. The van der Waals surface area contributed by atoms with E-state index in [1.165, 1.54) is 72.0 Å². The molecule has 0 N–H and O–H groups in total. The van der Waals surface area contributed by atoms with Gasteiger partial charge in [-0.3, -0.25) is 0 Å². The van der Waals surface area contributed by atoms with Crippen LogP contribution in [0.2, 0.25) is 0 Å². The van der Waals surface area contributed by atoms with Crippen LogP contribution in [0.1, 0.15) is 37.3 Å². The molecule has 0 radical (unpaired) electrons. The predicted molar refractivity (Wildman–Crippen MR) is 235 cm³/mol. The molecule has 1 atom stereocenters. The van der Waals surface area contributed by atoms with E-state index in [1.807, 2.05) is 0 Å². The summed E-state index contributed by atoms with van der Waals surface area (Å²) in [4.78, 5) is 2.33. The molecule has 1 aromatic heterocycles. The van der Waals surface area contributed by atoms with Gasteiger partial charge in [-0.05, 0) is 131 Å². The highest BCUT2D eigenvalue weighted by molar-refractivity contribution is 6.11. The number of anilines is 3. The fourth-order valence-corrected chi connectivity index (χ4v) is 7.86. The number of para-hydroxylation sites is 1. The summed E-state index contributed by atoms with van der Waals surface area (Å²) in [6.07, 6.45) is 1.14. The first-order chi connectivity index (χ1) is 27.0. The van der Waals surface area contributed by atoms with Crippen molar-refractivity contribution in [3.63, 3.8) is 0 Å². The number of hydrogen-bond acceptors (Lipinski definition) is 1. The quantitative estimate of drug-likeness (QED) is 0.145. The van der Waals surface area contributed by atoms with Crippen LogP contribution in [0.3, 0.4) is 0 Å². The molecule has 0 spiro atoms. The van der Waals surface area contributed by atoms with Crippen molar-refractivity contribution in [1.29, 1.82) is 0 Å². The zero-order valence-electron chi connectivity index (χ0n) is 31.7. The second kappa shape index (κ2) is 14.6. The van der Waals surface area contributed by atoms with Gasteiger partial charge in [-0.25, -0.2) is 0 Å². The summed E-state index contributed by atoms with van der Waals surface area (Å²) < 4.78 is 2.41. The van der Waals surface area contributed by atoms with Gasteiger partial charge in [0.25, 0.3) is 0 Å². The van der Waals surface area contributed by atoms with Gasteiger partial charge in [0.15, 0.2) is 0 Å². The minimum Gasteiger partial charge on any atom is -0.311 e. The molecule has 9 aromatic rings. The minimum atomic E-state index is 0.560. The summed E-state index contributed by atoms with van der Waals surface area (Å²) in [7, 11) is 0. The molecule has 9 rings (SSSR count). The first-order valence-electron chi connectivity index (χ1n) is 19.4. The molecule has 0 saturated heterocycles. The van der Waals surface area contributed by atoms with E-state index < -0.39 is 0 Å². The maximum atomic E-state index is 2.41. The van der Waals surface area contributed by atoms with Crippen LogP contribution in [0.15, 0.2) is 194 Å². The molecule has 0 aliphatic carbocycles. The fourth-order valence-electron chi connectivity index (χ4n) is 7.86. The Morgan fingerprint density at radius 3 is 1.36 bits per heavy atom. The van der Waals surface area contributed by atoms with Crippen molar-refractivity contribution < 1.29 is 0 Å². The van der Waals surface area contributed by atoms with Crippen molar-refractivity contribution in [1.82, 2.24) is 4.57 Å². The average Bonchev–Trinajstić information content (AvgIpc) is 3.58. The third-order valence-electron chi connectivity index (χ3n) is 11.2. The topological polar surface area (TPSA) is 8.17 Å². The highest BCUT2D eigenvalue weighted by Crippen LogP contribution is 2.40. The lowest BCUT2D eigenvalue weighted by molar-refractivity contribution is 0.734. The largest absolute Gasteiger partial charge is 0.311 e. The molecular weight excluding hydrogens is 665 g/mol. The Morgan fingerprint density at radius 2 is 0.855 bits per heavy atom. The van der Waals surface area contributed by atoms with Crippen molar-refractivity contribution in [2.45, 2.75) is 33.1 Å². The molecule has 1 unspecified atom stereocenters. The van der Waals surface area contributed by atoms with Crippen LogP contribution in [0.4, 0.5) is 17.1 Å². The van der Waals surface area contributed by atoms with Crippen LogP contribution in [0.5, 0.6) is 0 Å². The lowest BCUT2D eigenvalue weighted by Crippen LogP contribution is -2.09. The standard InChI is InChI=1S/C53H44N2/c1-4-38(3)39-17-19-42(20-18-39)44-25-33-52-50(35-44)51-36-45(26-34-53(51)55(52)49-27-15-37(2)16-28-49)43-23-31-48(32-24-43)54(46-13-9-6-10-14-46)47-29-21-41(22-30-47)40-11-7-5-8-12-40/h5-36,38H,4H2,1-3H3. The molecule has 1 heterocycles. The normalized spacial score (nSPS) is 11.9. The molecule has 0 aliphatic heterocycles. The number of hydrogen-bond donors (Lipinski definition) is 0. The zero-order valence-corrected chi connectivity index (χ0v) is 31.7. The van der Waals surface area contributed by atoms with Crippen molar-refractivity contribution in [2.24, 2.45) is 0 Å². The third kappa shape index (κ3) is 6.62. The smallest absolute Gasteiger partial charge is 0.0541 e. The molecule has 55 heavy (non-hydrogen) atoms. The molecule has 0 aliphatic rings. The Hall–Kier alpha value is -6.64. The van der Waals surface area contributed by atoms with Crippen LogP contribution in [-0.2, 0) is 0 Å². The lowest BCUT2D eigenvalue weighted by atomic mass is 9.95. The van der Waals surface area contributed by atoms with Crippen LogP contribution in [0, 0.1) is 6.92 Å². The van der Waals surface area contributed by atoms with Gasteiger partial charge in [0.2, 0.25) is 0 Å². The number of fused-ring (bicyclic) bond motifs is 3. The molecule has 2 nitrogen and oxygen atoms in total. The van der Waals surface area contributed by atoms with E-state index >= 15 is 0 Å². The number of rotatable bonds is 9. The van der Waals surface area contributed by atoms with Gasteiger partial charge in [-0.15, -0.1) is 0 Å². The van der Waals surface area contributed by atoms with Crippen LogP contribution in [-0.4, -0.2) is 4.57 Å². The van der Waals surface area contributed by atoms with Crippen molar-refractivity contribution in [3.05, 3.63) is 205 Å². The van der Waals surface area contributed by atoms with Gasteiger partial charge in [0, 0.05) is 33.5 Å². The maximum Gasteiger partial charge on any atom is 0.0541 e. The van der Waals surface area contributed by atoms with Gasteiger partial charge in [-0.1, -0.05) is 141 Å². The highest BCUT2D eigenvalue weighted by atomic mass is 15.1. The van der Waals surface area contributed by atoms with Crippen LogP contribution >= 0.6 is 0 Å². The van der Waals surface area contributed by atoms with Crippen molar-refractivity contribution in [2.75, 3.05) is 4.90 Å². The third-order valence-corrected chi connectivity index (χ3v) is 11.2. The van der Waals surface area contributed by atoms with Gasteiger partial charge < -0.3 is 9.47 Å². The van der Waals surface area contributed by atoms with E-state index in [-0.39, 0.29) is 0 Å². The number of aromatic nitrogens is 1. The Bertz CT molecular complexity index is 2710. The Morgan fingerprint density at radius 1 is 0.436 bits per heavy atom. The SMILES string of the molecule is CCC(C)c1ccc(-c2ccc3c(c2)c2cc(-c4ccc(N(c5ccccc5)c5ccc(-c6ccccc6)cc5)cc4)ccc2n3-c2ccc(C)cc2)cc1. The van der Waals surface area contributed by atoms with E-state index in [0.29, 0.717) is 5.92 Å². The van der Waals surface area contributed by atoms with E-state index in [1.54, 1.807) is 0 Å². The minimum absolute atomic E-state index is 0.560. The second-order valence-electron chi connectivity index (χ2n) is 14.7. The highest BCUT2D eigenvalue weighted by Gasteiger charge is 2.17. The van der Waals surface area contributed by atoms with Gasteiger partial charge in [0.1, 0.15) is 0 Å². The maximum absolute atomic E-state index is 2.41. The van der Waals surface area contributed by atoms with E-state index in [4.69, 9.17) is 0 Å². The first kappa shape index (κ1) is 34.1. The Labute approximate surface area is 324 Å². The van der Waals surface area contributed by atoms with Gasteiger partial charge in [-0.2, -0.15) is 0 Å². The fraction of sp³-hybridized carbons (Fsp3) is 0.0943. The molecule has 0 amide bonds. The summed E-state index contributed by atoms with van der Waals surface area (Å²) in [5, 5.41) is 2.51. The van der Waals surface area contributed by atoms with Crippen molar-refractivity contribution in [3.8, 4) is 39.1 Å². The summed E-state index contributed by atoms with van der Waals surface area (Å²) in [6.45, 7) is 6.70. The summed E-state index contributed by atoms with van der Waals surface area (Å²) in [5.74, 6) is 0.560. The Kier molecular flexibility index (Phi) is 9.09. The molecule has 8 aromatic carbocycles. The molecule has 0 fully saturated rings. The summed E-state index contributed by atoms with van der Waals surface area (Å²) >= 11 is 0. The summed E-state index contributed by atoms with van der Waals surface area (Å²) in [6, 6.07) is 71.0. The Balaban J connectivity index is 1.12. The molecule has 266 valence electrons. The molecule has 0 bridgehead atoms. The van der Waals surface area contributed by atoms with Crippen LogP contribution < -0.4 is 4.90 Å². The van der Waals surface area contributed by atoms with Gasteiger partial charge in [0.05, 0.1) is 11.0 Å². The number of benzene rings is 8. The van der Waals surface area contributed by atoms with Crippen LogP contribution in [0.25, 0.3) is 60.9 Å². The van der Waals surface area contributed by atoms with Crippen molar-refractivity contribution >= 4 is 38.9 Å². The summed E-state index contributed by atoms with van der Waals surface area (Å²) in [5.41, 5.74) is 16.9. The average molecular weight is 709 g/mol. The van der Waals surface area contributed by atoms with E-state index in [9.17, 15) is 0 Å². The zero-order chi connectivity index (χ0) is 37.3. The van der Waals surface area contributed by atoms with E-state index in [2.05, 4.69) is 224 Å². The van der Waals surface area contributed by atoms with Gasteiger partial charge >= 0.3 is 0 Å².